The Kier molecular flexibility index (Phi) is 8.74. The highest BCUT2D eigenvalue weighted by Gasteiger charge is 2.34. The van der Waals surface area contributed by atoms with Gasteiger partial charge in [-0.25, -0.2) is 9.97 Å². The largest absolute Gasteiger partial charge is 0.433 e. The lowest BCUT2D eigenvalue weighted by molar-refractivity contribution is -0.141. The van der Waals surface area contributed by atoms with Crippen molar-refractivity contribution in [2.24, 2.45) is 5.92 Å². The summed E-state index contributed by atoms with van der Waals surface area (Å²) < 4.78 is 40.1. The van der Waals surface area contributed by atoms with Crippen LogP contribution < -0.4 is 15.5 Å². The Morgan fingerprint density at radius 3 is 2.46 bits per heavy atom. The Balaban J connectivity index is 1.41. The molecule has 4 rings (SSSR count). The first kappa shape index (κ1) is 28.4. The zero-order valence-electron chi connectivity index (χ0n) is 21.6. The second kappa shape index (κ2) is 12.0. The number of rotatable bonds is 7. The Morgan fingerprint density at radius 2 is 1.82 bits per heavy atom. The van der Waals surface area contributed by atoms with E-state index >= 15 is 0 Å². The molecule has 206 valence electrons. The van der Waals surface area contributed by atoms with Gasteiger partial charge >= 0.3 is 6.18 Å². The fourth-order valence-electron chi connectivity index (χ4n) is 4.32. The van der Waals surface area contributed by atoms with Crippen LogP contribution in [0.2, 0.25) is 5.02 Å². The molecule has 7 nitrogen and oxygen atoms in total. The van der Waals surface area contributed by atoms with Gasteiger partial charge in [-0.05, 0) is 55.5 Å². The number of hydrogen-bond donors (Lipinski definition) is 2. The van der Waals surface area contributed by atoms with Gasteiger partial charge < -0.3 is 15.5 Å². The lowest BCUT2D eigenvalue weighted by Gasteiger charge is -2.33. The fourth-order valence-corrected chi connectivity index (χ4v) is 4.54. The summed E-state index contributed by atoms with van der Waals surface area (Å²) >= 11 is 6.07. The molecule has 1 atom stereocenters. The first-order valence-electron chi connectivity index (χ1n) is 12.6. The molecule has 0 radical (unpaired) electrons. The number of halogens is 4. The summed E-state index contributed by atoms with van der Waals surface area (Å²) in [7, 11) is 0. The van der Waals surface area contributed by atoms with Crippen molar-refractivity contribution in [2.75, 3.05) is 23.3 Å². The van der Waals surface area contributed by atoms with Crippen LogP contribution in [0.5, 0.6) is 0 Å². The van der Waals surface area contributed by atoms with Gasteiger partial charge in [-0.1, -0.05) is 42.8 Å². The van der Waals surface area contributed by atoms with Crippen molar-refractivity contribution >= 4 is 35.1 Å². The van der Waals surface area contributed by atoms with Crippen LogP contribution >= 0.6 is 11.6 Å². The van der Waals surface area contributed by atoms with E-state index in [4.69, 9.17) is 11.6 Å². The van der Waals surface area contributed by atoms with E-state index in [9.17, 15) is 22.8 Å². The number of alkyl halides is 3. The topological polar surface area (TPSA) is 87.2 Å². The minimum absolute atomic E-state index is 0.0368. The molecular weight excluding hydrogens is 531 g/mol. The molecule has 39 heavy (non-hydrogen) atoms. The van der Waals surface area contributed by atoms with Crippen molar-refractivity contribution in [3.05, 3.63) is 82.1 Å². The van der Waals surface area contributed by atoms with Crippen LogP contribution in [0.15, 0.2) is 54.7 Å². The van der Waals surface area contributed by atoms with Gasteiger partial charge in [-0.3, -0.25) is 9.59 Å². The molecule has 3 aromatic rings. The molecule has 1 unspecified atom stereocenters. The summed E-state index contributed by atoms with van der Waals surface area (Å²) in [4.78, 5) is 35.4. The van der Waals surface area contributed by atoms with Gasteiger partial charge in [0, 0.05) is 31.4 Å². The van der Waals surface area contributed by atoms with E-state index in [1.807, 2.05) is 4.90 Å². The zero-order chi connectivity index (χ0) is 28.2. The highest BCUT2D eigenvalue weighted by molar-refractivity contribution is 6.34. The van der Waals surface area contributed by atoms with Gasteiger partial charge in [0.2, 0.25) is 5.91 Å². The lowest BCUT2D eigenvalue weighted by atomic mass is 9.99. The Bertz CT molecular complexity index is 1330. The van der Waals surface area contributed by atoms with Crippen molar-refractivity contribution in [1.29, 1.82) is 0 Å². The van der Waals surface area contributed by atoms with E-state index in [1.165, 1.54) is 12.3 Å². The van der Waals surface area contributed by atoms with E-state index in [-0.39, 0.29) is 18.3 Å². The van der Waals surface area contributed by atoms with Crippen LogP contribution in [-0.4, -0.2) is 34.9 Å². The molecule has 1 aliphatic rings. The third kappa shape index (κ3) is 7.06. The number of nitrogens with zero attached hydrogens (tertiary/aromatic N) is 3. The standard InChI is InChI=1S/C28H29ClF3N5O2/c1-17-11-13-37(14-12-17)25-20(7-9-23(35-25)28(30,31)32)16-34-26(38)18(2)19-8-10-24(33-15-19)36-27(39)21-5-3-4-6-22(21)29/h3-10,15,17-18H,11-14,16H2,1-2H3,(H,34,38)(H,33,36,39). The highest BCUT2D eigenvalue weighted by Crippen LogP contribution is 2.32. The predicted octanol–water partition coefficient (Wildman–Crippen LogP) is 6.06. The molecule has 1 aromatic carbocycles. The zero-order valence-corrected chi connectivity index (χ0v) is 22.3. The molecule has 1 aliphatic heterocycles. The molecule has 1 fully saturated rings. The number of aromatic nitrogens is 2. The minimum atomic E-state index is -4.56. The van der Waals surface area contributed by atoms with Gasteiger partial charge in [0.15, 0.2) is 0 Å². The third-order valence-electron chi connectivity index (χ3n) is 6.82. The van der Waals surface area contributed by atoms with E-state index < -0.39 is 23.7 Å². The first-order chi connectivity index (χ1) is 18.5. The van der Waals surface area contributed by atoms with E-state index in [0.29, 0.717) is 46.5 Å². The van der Waals surface area contributed by atoms with Gasteiger partial charge in [0.05, 0.1) is 16.5 Å². The van der Waals surface area contributed by atoms with Crippen LogP contribution in [0.3, 0.4) is 0 Å². The summed E-state index contributed by atoms with van der Waals surface area (Å²) in [5.74, 6) is -0.260. The Morgan fingerprint density at radius 1 is 1.10 bits per heavy atom. The maximum atomic E-state index is 13.4. The molecule has 1 saturated heterocycles. The molecule has 3 heterocycles. The monoisotopic (exact) mass is 559 g/mol. The van der Waals surface area contributed by atoms with Crippen LogP contribution in [0.25, 0.3) is 0 Å². The average Bonchev–Trinajstić information content (AvgIpc) is 2.92. The van der Waals surface area contributed by atoms with E-state index in [0.717, 1.165) is 18.9 Å². The normalized spacial score (nSPS) is 15.1. The van der Waals surface area contributed by atoms with Crippen LogP contribution in [-0.2, 0) is 17.5 Å². The molecular formula is C28H29ClF3N5O2. The van der Waals surface area contributed by atoms with Crippen molar-refractivity contribution in [3.63, 3.8) is 0 Å². The number of amides is 2. The number of carbonyl (C=O) groups is 2. The number of pyridine rings is 2. The SMILES string of the molecule is CC1CCN(c2nc(C(F)(F)F)ccc2CNC(=O)C(C)c2ccc(NC(=O)c3ccccc3Cl)nc2)CC1. The lowest BCUT2D eigenvalue weighted by Crippen LogP contribution is -2.35. The second-order valence-electron chi connectivity index (χ2n) is 9.70. The number of anilines is 2. The summed E-state index contributed by atoms with van der Waals surface area (Å²) in [6.45, 7) is 5.07. The number of carbonyl (C=O) groups excluding carboxylic acids is 2. The molecule has 0 bridgehead atoms. The maximum Gasteiger partial charge on any atom is 0.433 e. The van der Waals surface area contributed by atoms with Crippen LogP contribution in [0.4, 0.5) is 24.8 Å². The second-order valence-corrected chi connectivity index (χ2v) is 10.1. The minimum Gasteiger partial charge on any atom is -0.356 e. The Labute approximate surface area is 229 Å². The number of piperidine rings is 1. The molecule has 2 amide bonds. The van der Waals surface area contributed by atoms with Gasteiger partial charge in [0.1, 0.15) is 17.3 Å². The highest BCUT2D eigenvalue weighted by atomic mass is 35.5. The number of hydrogen-bond acceptors (Lipinski definition) is 5. The first-order valence-corrected chi connectivity index (χ1v) is 13.0. The van der Waals surface area contributed by atoms with E-state index in [2.05, 4.69) is 27.5 Å². The van der Waals surface area contributed by atoms with Crippen molar-refractivity contribution in [1.82, 2.24) is 15.3 Å². The molecule has 2 aromatic heterocycles. The Hall–Kier alpha value is -3.66. The smallest absolute Gasteiger partial charge is 0.356 e. The molecule has 0 spiro atoms. The third-order valence-corrected chi connectivity index (χ3v) is 7.15. The number of benzene rings is 1. The average molecular weight is 560 g/mol. The predicted molar refractivity (Wildman–Crippen MR) is 144 cm³/mol. The van der Waals surface area contributed by atoms with Crippen molar-refractivity contribution < 1.29 is 22.8 Å². The fraction of sp³-hybridized carbons (Fsp3) is 0.357. The summed E-state index contributed by atoms with van der Waals surface area (Å²) in [5, 5.41) is 5.81. The van der Waals surface area contributed by atoms with Gasteiger partial charge in [-0.2, -0.15) is 13.2 Å². The van der Waals surface area contributed by atoms with Gasteiger partial charge in [0.25, 0.3) is 5.91 Å². The molecule has 0 aliphatic carbocycles. The molecule has 11 heteroatoms. The summed E-state index contributed by atoms with van der Waals surface area (Å²) in [6, 6.07) is 12.2. The summed E-state index contributed by atoms with van der Waals surface area (Å²) in [6.07, 6.45) is -1.34. The van der Waals surface area contributed by atoms with Crippen LogP contribution in [0, 0.1) is 5.92 Å². The van der Waals surface area contributed by atoms with Crippen LogP contribution in [0.1, 0.15) is 59.8 Å². The van der Waals surface area contributed by atoms with Crippen molar-refractivity contribution in [3.8, 4) is 0 Å². The van der Waals surface area contributed by atoms with E-state index in [1.54, 1.807) is 43.3 Å². The number of nitrogens with one attached hydrogen (secondary N) is 2. The quantitative estimate of drug-likeness (QED) is 0.367. The van der Waals surface area contributed by atoms with Crippen molar-refractivity contribution in [2.45, 2.75) is 45.3 Å². The molecule has 0 saturated carbocycles. The maximum absolute atomic E-state index is 13.4. The summed E-state index contributed by atoms with van der Waals surface area (Å²) in [5.41, 5.74) is 0.495. The molecule has 2 N–H and O–H groups in total. The van der Waals surface area contributed by atoms with Gasteiger partial charge in [-0.15, -0.1) is 0 Å².